The summed E-state index contributed by atoms with van der Waals surface area (Å²) in [5, 5.41) is 13.5. The third-order valence-corrected chi connectivity index (χ3v) is 4.77. The Bertz CT molecular complexity index is 405. The van der Waals surface area contributed by atoms with Gasteiger partial charge in [-0.2, -0.15) is 0 Å². The minimum absolute atomic E-state index is 0.0642. The van der Waals surface area contributed by atoms with Crippen LogP contribution in [0.25, 0.3) is 0 Å². The summed E-state index contributed by atoms with van der Waals surface area (Å²) < 4.78 is 0. The Hall–Kier alpha value is -0.930. The second-order valence-electron chi connectivity index (χ2n) is 6.56. The molecule has 3 nitrogen and oxygen atoms in total. The van der Waals surface area contributed by atoms with Gasteiger partial charge in [-0.15, -0.1) is 0 Å². The first-order valence-corrected chi connectivity index (χ1v) is 8.12. The van der Waals surface area contributed by atoms with E-state index in [-0.39, 0.29) is 6.10 Å². The summed E-state index contributed by atoms with van der Waals surface area (Å²) in [4.78, 5) is 4.46. The molecule has 2 saturated carbocycles. The van der Waals surface area contributed by atoms with Gasteiger partial charge in [-0.25, -0.2) is 0 Å². The molecule has 2 N–H and O–H groups in total. The monoisotopic (exact) mass is 274 g/mol. The molecule has 3 atom stereocenters. The van der Waals surface area contributed by atoms with Gasteiger partial charge in [-0.3, -0.25) is 4.98 Å². The zero-order chi connectivity index (χ0) is 13.8. The highest BCUT2D eigenvalue weighted by Crippen LogP contribution is 2.34. The highest BCUT2D eigenvalue weighted by molar-refractivity contribution is 5.07. The molecule has 20 heavy (non-hydrogen) atoms. The number of nitrogens with zero attached hydrogens (tertiary/aromatic N) is 1. The number of aliphatic hydroxyl groups excluding tert-OH is 1. The van der Waals surface area contributed by atoms with Crippen molar-refractivity contribution in [2.24, 2.45) is 11.8 Å². The normalized spacial score (nSPS) is 28.2. The first-order valence-electron chi connectivity index (χ1n) is 8.12. The van der Waals surface area contributed by atoms with Crippen LogP contribution < -0.4 is 5.32 Å². The van der Waals surface area contributed by atoms with E-state index in [2.05, 4.69) is 22.4 Å². The van der Waals surface area contributed by atoms with E-state index >= 15 is 0 Å². The summed E-state index contributed by atoms with van der Waals surface area (Å²) in [7, 11) is 0. The summed E-state index contributed by atoms with van der Waals surface area (Å²) >= 11 is 0. The predicted octanol–water partition coefficient (Wildman–Crippen LogP) is 2.54. The molecule has 0 spiro atoms. The standard InChI is InChI=1S/C17H26N2O/c20-16-6-3-4-13(10-16)12-19-17(14-7-8-14)11-15-5-1-2-9-18-15/h1-2,5,9,13-14,16-17,19-20H,3-4,6-8,10-12H2. The van der Waals surface area contributed by atoms with Crippen LogP contribution in [0.1, 0.15) is 44.2 Å². The third-order valence-electron chi connectivity index (χ3n) is 4.77. The summed E-state index contributed by atoms with van der Waals surface area (Å²) in [5.41, 5.74) is 1.19. The van der Waals surface area contributed by atoms with Crippen LogP contribution in [-0.2, 0) is 6.42 Å². The van der Waals surface area contributed by atoms with Crippen LogP contribution in [0.15, 0.2) is 24.4 Å². The van der Waals surface area contributed by atoms with Crippen LogP contribution in [0, 0.1) is 11.8 Å². The molecular formula is C17H26N2O. The third kappa shape index (κ3) is 4.03. The molecule has 2 fully saturated rings. The Balaban J connectivity index is 1.50. The van der Waals surface area contributed by atoms with Crippen LogP contribution >= 0.6 is 0 Å². The van der Waals surface area contributed by atoms with Gasteiger partial charge in [0.05, 0.1) is 6.10 Å². The lowest BCUT2D eigenvalue weighted by Crippen LogP contribution is -2.38. The number of aromatic nitrogens is 1. The second-order valence-corrected chi connectivity index (χ2v) is 6.56. The van der Waals surface area contributed by atoms with Gasteiger partial charge in [0.25, 0.3) is 0 Å². The number of aliphatic hydroxyl groups is 1. The molecule has 0 radical (unpaired) electrons. The van der Waals surface area contributed by atoms with E-state index in [1.165, 1.54) is 31.4 Å². The van der Waals surface area contributed by atoms with Gasteiger partial charge in [0, 0.05) is 24.4 Å². The summed E-state index contributed by atoms with van der Waals surface area (Å²) in [6.45, 7) is 1.06. The topological polar surface area (TPSA) is 45.1 Å². The van der Waals surface area contributed by atoms with Crippen molar-refractivity contribution in [2.45, 2.75) is 57.1 Å². The molecule has 0 saturated heterocycles. The van der Waals surface area contributed by atoms with Crippen LogP contribution in [0.5, 0.6) is 0 Å². The zero-order valence-electron chi connectivity index (χ0n) is 12.2. The Kier molecular flexibility index (Phi) is 4.69. The number of hydrogen-bond donors (Lipinski definition) is 2. The highest BCUT2D eigenvalue weighted by atomic mass is 16.3. The lowest BCUT2D eigenvalue weighted by Gasteiger charge is -2.28. The van der Waals surface area contributed by atoms with Gasteiger partial charge in [-0.05, 0) is 62.6 Å². The van der Waals surface area contributed by atoms with Crippen LogP contribution in [0.3, 0.4) is 0 Å². The molecule has 3 unspecified atom stereocenters. The largest absolute Gasteiger partial charge is 0.393 e. The van der Waals surface area contributed by atoms with Gasteiger partial charge >= 0.3 is 0 Å². The molecule has 2 aliphatic rings. The minimum Gasteiger partial charge on any atom is -0.393 e. The zero-order valence-corrected chi connectivity index (χ0v) is 12.2. The van der Waals surface area contributed by atoms with Crippen LogP contribution in [0.4, 0.5) is 0 Å². The first kappa shape index (κ1) is 14.0. The molecule has 3 rings (SSSR count). The first-order chi connectivity index (χ1) is 9.81. The second kappa shape index (κ2) is 6.68. The quantitative estimate of drug-likeness (QED) is 0.838. The average Bonchev–Trinajstić information content (AvgIpc) is 3.29. The molecule has 1 aromatic rings. The lowest BCUT2D eigenvalue weighted by atomic mass is 9.87. The van der Waals surface area contributed by atoms with Crippen molar-refractivity contribution < 1.29 is 5.11 Å². The van der Waals surface area contributed by atoms with E-state index in [0.717, 1.165) is 31.7 Å². The van der Waals surface area contributed by atoms with E-state index in [9.17, 15) is 5.11 Å². The fourth-order valence-corrected chi connectivity index (χ4v) is 3.41. The van der Waals surface area contributed by atoms with Crippen molar-refractivity contribution in [1.29, 1.82) is 0 Å². The van der Waals surface area contributed by atoms with E-state index in [0.29, 0.717) is 12.0 Å². The fourth-order valence-electron chi connectivity index (χ4n) is 3.41. The van der Waals surface area contributed by atoms with Crippen molar-refractivity contribution in [1.82, 2.24) is 10.3 Å². The van der Waals surface area contributed by atoms with Gasteiger partial charge in [0.2, 0.25) is 0 Å². The van der Waals surface area contributed by atoms with Gasteiger partial charge in [0.15, 0.2) is 0 Å². The Morgan fingerprint density at radius 2 is 2.15 bits per heavy atom. The molecule has 3 heteroatoms. The number of nitrogens with one attached hydrogen (secondary N) is 1. The molecule has 110 valence electrons. The maximum Gasteiger partial charge on any atom is 0.0543 e. The van der Waals surface area contributed by atoms with Crippen molar-refractivity contribution >= 4 is 0 Å². The Labute approximate surface area is 121 Å². The SMILES string of the molecule is OC1CCCC(CNC(Cc2ccccn2)C2CC2)C1. The molecule has 0 aromatic carbocycles. The van der Waals surface area contributed by atoms with E-state index in [1.807, 2.05) is 12.3 Å². The molecular weight excluding hydrogens is 248 g/mol. The Morgan fingerprint density at radius 1 is 1.25 bits per heavy atom. The average molecular weight is 274 g/mol. The fraction of sp³-hybridized carbons (Fsp3) is 0.706. The van der Waals surface area contributed by atoms with Crippen molar-refractivity contribution in [3.05, 3.63) is 30.1 Å². The van der Waals surface area contributed by atoms with Gasteiger partial charge in [-0.1, -0.05) is 12.5 Å². The van der Waals surface area contributed by atoms with Crippen LogP contribution in [0.2, 0.25) is 0 Å². The molecule has 1 heterocycles. The van der Waals surface area contributed by atoms with Gasteiger partial charge < -0.3 is 10.4 Å². The van der Waals surface area contributed by atoms with E-state index < -0.39 is 0 Å². The summed E-state index contributed by atoms with van der Waals surface area (Å²) in [6, 6.07) is 6.75. The predicted molar refractivity (Wildman–Crippen MR) is 80.4 cm³/mol. The summed E-state index contributed by atoms with van der Waals surface area (Å²) in [6.07, 6.45) is 10.0. The number of hydrogen-bond acceptors (Lipinski definition) is 3. The maximum absolute atomic E-state index is 9.76. The lowest BCUT2D eigenvalue weighted by molar-refractivity contribution is 0.0992. The number of pyridine rings is 1. The summed E-state index contributed by atoms with van der Waals surface area (Å²) in [5.74, 6) is 1.49. The molecule has 0 bridgehead atoms. The molecule has 2 aliphatic carbocycles. The van der Waals surface area contributed by atoms with Crippen LogP contribution in [-0.4, -0.2) is 28.8 Å². The number of rotatable bonds is 6. The smallest absolute Gasteiger partial charge is 0.0543 e. The van der Waals surface area contributed by atoms with E-state index in [4.69, 9.17) is 0 Å². The Morgan fingerprint density at radius 3 is 2.85 bits per heavy atom. The highest BCUT2D eigenvalue weighted by Gasteiger charge is 2.32. The van der Waals surface area contributed by atoms with E-state index in [1.54, 1.807) is 0 Å². The van der Waals surface area contributed by atoms with Crippen molar-refractivity contribution in [3.8, 4) is 0 Å². The van der Waals surface area contributed by atoms with Crippen molar-refractivity contribution in [3.63, 3.8) is 0 Å². The minimum atomic E-state index is -0.0642. The van der Waals surface area contributed by atoms with Crippen molar-refractivity contribution in [2.75, 3.05) is 6.54 Å². The van der Waals surface area contributed by atoms with Gasteiger partial charge in [0.1, 0.15) is 0 Å². The molecule has 0 amide bonds. The molecule has 1 aromatic heterocycles. The maximum atomic E-state index is 9.76. The molecule has 0 aliphatic heterocycles.